The first-order chi connectivity index (χ1) is 8.81. The molecule has 18 heavy (non-hydrogen) atoms. The maximum absolute atomic E-state index is 5.89. The van der Waals surface area contributed by atoms with Gasteiger partial charge in [-0.1, -0.05) is 0 Å². The van der Waals surface area contributed by atoms with Crippen LogP contribution in [0.4, 0.5) is 5.69 Å². The molecule has 100 valence electrons. The van der Waals surface area contributed by atoms with Crippen LogP contribution in [0.5, 0.6) is 11.8 Å². The molecule has 1 aliphatic rings. The molecule has 6 nitrogen and oxygen atoms in total. The Morgan fingerprint density at radius 1 is 1.28 bits per heavy atom. The summed E-state index contributed by atoms with van der Waals surface area (Å²) in [6.45, 7) is 4.61. The van der Waals surface area contributed by atoms with Gasteiger partial charge >= 0.3 is 0 Å². The van der Waals surface area contributed by atoms with Crippen LogP contribution >= 0.6 is 0 Å². The summed E-state index contributed by atoms with van der Waals surface area (Å²) < 4.78 is 16.2. The van der Waals surface area contributed by atoms with Gasteiger partial charge in [-0.15, -0.1) is 0 Å². The number of hydrogen-bond donors (Lipinski definition) is 1. The van der Waals surface area contributed by atoms with E-state index < -0.39 is 0 Å². The molecule has 1 fully saturated rings. The summed E-state index contributed by atoms with van der Waals surface area (Å²) in [6.07, 6.45) is 3.44. The lowest BCUT2D eigenvalue weighted by Gasteiger charge is -2.22. The van der Waals surface area contributed by atoms with Crippen LogP contribution in [0.25, 0.3) is 0 Å². The van der Waals surface area contributed by atoms with Crippen LogP contribution in [-0.4, -0.2) is 36.4 Å². The highest BCUT2D eigenvalue weighted by atomic mass is 16.5. The molecule has 1 aromatic heterocycles. The average Bonchev–Trinajstić information content (AvgIpc) is 2.41. The number of ether oxygens (including phenoxy) is 3. The van der Waals surface area contributed by atoms with E-state index in [1.54, 1.807) is 0 Å². The van der Waals surface area contributed by atoms with E-state index in [2.05, 4.69) is 9.97 Å². The molecule has 2 N–H and O–H groups in total. The van der Waals surface area contributed by atoms with Crippen LogP contribution in [0.3, 0.4) is 0 Å². The molecule has 2 heterocycles. The van der Waals surface area contributed by atoms with Gasteiger partial charge < -0.3 is 19.9 Å². The fourth-order valence-electron chi connectivity index (χ4n) is 1.84. The smallest absolute Gasteiger partial charge is 0.244 e. The number of aromatic nitrogens is 2. The van der Waals surface area contributed by atoms with E-state index in [-0.39, 0.29) is 0 Å². The molecule has 2 rings (SSSR count). The molecule has 0 radical (unpaired) electrons. The minimum atomic E-state index is 0.367. The lowest BCUT2D eigenvalue weighted by molar-refractivity contribution is 0.0491. The third-order valence-electron chi connectivity index (χ3n) is 2.89. The normalized spacial score (nSPS) is 16.5. The summed E-state index contributed by atoms with van der Waals surface area (Å²) in [5.41, 5.74) is 6.25. The Hall–Kier alpha value is -1.56. The maximum atomic E-state index is 5.89. The standard InChI is InChI=1S/C12H19N3O3/c1-2-17-11-10(13)12(15-8-14-11)18-7-9-3-5-16-6-4-9/h8-9H,2-7,13H2,1H3. The van der Waals surface area contributed by atoms with Crippen LogP contribution in [-0.2, 0) is 4.74 Å². The zero-order valence-corrected chi connectivity index (χ0v) is 10.6. The largest absolute Gasteiger partial charge is 0.476 e. The van der Waals surface area contributed by atoms with Gasteiger partial charge in [0.1, 0.15) is 6.33 Å². The predicted octanol–water partition coefficient (Wildman–Crippen LogP) is 1.26. The molecule has 1 aromatic rings. The lowest BCUT2D eigenvalue weighted by atomic mass is 10.0. The number of nitrogens with two attached hydrogens (primary N) is 1. The molecule has 0 saturated carbocycles. The minimum absolute atomic E-state index is 0.367. The molecule has 6 heteroatoms. The summed E-state index contributed by atoms with van der Waals surface area (Å²) in [7, 11) is 0. The summed E-state index contributed by atoms with van der Waals surface area (Å²) in [4.78, 5) is 8.00. The maximum Gasteiger partial charge on any atom is 0.244 e. The fraction of sp³-hybridized carbons (Fsp3) is 0.667. The van der Waals surface area contributed by atoms with E-state index in [0.29, 0.717) is 36.6 Å². The zero-order valence-electron chi connectivity index (χ0n) is 10.6. The van der Waals surface area contributed by atoms with Gasteiger partial charge in [-0.25, -0.2) is 0 Å². The van der Waals surface area contributed by atoms with E-state index in [1.807, 2.05) is 6.92 Å². The zero-order chi connectivity index (χ0) is 12.8. The van der Waals surface area contributed by atoms with E-state index in [0.717, 1.165) is 26.1 Å². The molecule has 1 aliphatic heterocycles. The number of anilines is 1. The Labute approximate surface area is 106 Å². The van der Waals surface area contributed by atoms with Crippen molar-refractivity contribution >= 4 is 5.69 Å². The van der Waals surface area contributed by atoms with Crippen LogP contribution in [0, 0.1) is 5.92 Å². The number of nitrogen functional groups attached to an aromatic ring is 1. The minimum Gasteiger partial charge on any atom is -0.476 e. The summed E-state index contributed by atoms with van der Waals surface area (Å²) in [5, 5.41) is 0. The molecular weight excluding hydrogens is 234 g/mol. The second-order valence-electron chi connectivity index (χ2n) is 4.20. The molecule has 0 bridgehead atoms. The van der Waals surface area contributed by atoms with Gasteiger partial charge in [0.15, 0.2) is 5.69 Å². The quantitative estimate of drug-likeness (QED) is 0.851. The number of nitrogens with zero attached hydrogens (tertiary/aromatic N) is 2. The predicted molar refractivity (Wildman–Crippen MR) is 66.7 cm³/mol. The van der Waals surface area contributed by atoms with Gasteiger partial charge in [-0.2, -0.15) is 9.97 Å². The lowest BCUT2D eigenvalue weighted by Crippen LogP contribution is -2.22. The van der Waals surface area contributed by atoms with Gasteiger partial charge in [-0.05, 0) is 25.7 Å². The van der Waals surface area contributed by atoms with E-state index in [1.165, 1.54) is 6.33 Å². The molecule has 1 saturated heterocycles. The van der Waals surface area contributed by atoms with Crippen molar-refractivity contribution in [2.75, 3.05) is 32.2 Å². The van der Waals surface area contributed by atoms with Gasteiger partial charge in [0.2, 0.25) is 11.8 Å². The Bertz CT molecular complexity index is 381. The summed E-state index contributed by atoms with van der Waals surface area (Å²) in [5.74, 6) is 1.29. The van der Waals surface area contributed by atoms with E-state index in [4.69, 9.17) is 19.9 Å². The first kappa shape index (κ1) is 12.9. The van der Waals surface area contributed by atoms with Crippen molar-refractivity contribution in [3.8, 4) is 11.8 Å². The highest BCUT2D eigenvalue weighted by Crippen LogP contribution is 2.27. The Morgan fingerprint density at radius 2 is 1.94 bits per heavy atom. The van der Waals surface area contributed by atoms with Crippen molar-refractivity contribution in [1.29, 1.82) is 0 Å². The van der Waals surface area contributed by atoms with Crippen LogP contribution in [0.15, 0.2) is 6.33 Å². The molecule has 0 spiro atoms. The monoisotopic (exact) mass is 253 g/mol. The second-order valence-corrected chi connectivity index (χ2v) is 4.20. The SMILES string of the molecule is CCOc1ncnc(OCC2CCOCC2)c1N. The molecule has 0 aliphatic carbocycles. The van der Waals surface area contributed by atoms with Gasteiger partial charge in [0, 0.05) is 13.2 Å². The van der Waals surface area contributed by atoms with Crippen molar-refractivity contribution in [3.63, 3.8) is 0 Å². The Morgan fingerprint density at radius 3 is 2.61 bits per heavy atom. The Balaban J connectivity index is 1.93. The first-order valence-corrected chi connectivity index (χ1v) is 6.25. The van der Waals surface area contributed by atoms with Crippen LogP contribution in [0.2, 0.25) is 0 Å². The topological polar surface area (TPSA) is 79.5 Å². The first-order valence-electron chi connectivity index (χ1n) is 6.25. The summed E-state index contributed by atoms with van der Waals surface area (Å²) in [6, 6.07) is 0. The summed E-state index contributed by atoms with van der Waals surface area (Å²) >= 11 is 0. The van der Waals surface area contributed by atoms with E-state index in [9.17, 15) is 0 Å². The van der Waals surface area contributed by atoms with Crippen LogP contribution in [0.1, 0.15) is 19.8 Å². The third kappa shape index (κ3) is 3.22. The highest BCUT2D eigenvalue weighted by Gasteiger charge is 2.16. The molecule has 0 unspecified atom stereocenters. The average molecular weight is 253 g/mol. The van der Waals surface area contributed by atoms with Crippen molar-refractivity contribution in [2.24, 2.45) is 5.92 Å². The van der Waals surface area contributed by atoms with Crippen molar-refractivity contribution < 1.29 is 14.2 Å². The van der Waals surface area contributed by atoms with Gasteiger partial charge in [-0.3, -0.25) is 0 Å². The molecule has 0 amide bonds. The highest BCUT2D eigenvalue weighted by molar-refractivity contribution is 5.55. The van der Waals surface area contributed by atoms with Crippen molar-refractivity contribution in [1.82, 2.24) is 9.97 Å². The number of rotatable bonds is 5. The molecular formula is C12H19N3O3. The van der Waals surface area contributed by atoms with Crippen molar-refractivity contribution in [3.05, 3.63) is 6.33 Å². The van der Waals surface area contributed by atoms with E-state index >= 15 is 0 Å². The molecule has 0 aromatic carbocycles. The Kier molecular flexibility index (Phi) is 4.58. The van der Waals surface area contributed by atoms with Crippen molar-refractivity contribution in [2.45, 2.75) is 19.8 Å². The fourth-order valence-corrected chi connectivity index (χ4v) is 1.84. The number of hydrogen-bond acceptors (Lipinski definition) is 6. The van der Waals surface area contributed by atoms with Gasteiger partial charge in [0.05, 0.1) is 13.2 Å². The molecule has 0 atom stereocenters. The van der Waals surface area contributed by atoms with Gasteiger partial charge in [0.25, 0.3) is 0 Å². The van der Waals surface area contributed by atoms with Crippen LogP contribution < -0.4 is 15.2 Å². The third-order valence-corrected chi connectivity index (χ3v) is 2.89. The second kappa shape index (κ2) is 6.39.